The summed E-state index contributed by atoms with van der Waals surface area (Å²) in [4.78, 5) is 13.1. The maximum atomic E-state index is 12.4. The van der Waals surface area contributed by atoms with E-state index in [1.54, 1.807) is 18.2 Å². The fourth-order valence-electron chi connectivity index (χ4n) is 2.95. The lowest BCUT2D eigenvalue weighted by molar-refractivity contribution is 0.0953. The van der Waals surface area contributed by atoms with Gasteiger partial charge in [-0.15, -0.1) is 40.0 Å². The van der Waals surface area contributed by atoms with E-state index in [0.29, 0.717) is 30.1 Å². The quantitative estimate of drug-likeness (QED) is 0.366. The Morgan fingerprint density at radius 3 is 2.80 bits per heavy atom. The van der Waals surface area contributed by atoms with Crippen molar-refractivity contribution in [2.75, 3.05) is 13.2 Å². The average Bonchev–Trinajstić information content (AvgIpc) is 3.14. The van der Waals surface area contributed by atoms with Crippen molar-refractivity contribution < 1.29 is 14.3 Å². The van der Waals surface area contributed by atoms with Gasteiger partial charge in [0.1, 0.15) is 13.2 Å². The van der Waals surface area contributed by atoms with E-state index in [1.165, 1.54) is 11.3 Å². The molecule has 2 heterocycles. The number of hydrogen-bond acceptors (Lipinski definition) is 5. The highest BCUT2D eigenvalue weighted by Crippen LogP contribution is 2.34. The predicted molar refractivity (Wildman–Crippen MR) is 126 cm³/mol. The number of thiazole rings is 1. The standard InChI is InChI=1S/C21H18BrN3O3S.BrH/c1-2-8-25-17(14-6-7-18-19(12-14)28-10-9-27-18)13-29-21(25)24-23-20(26)15-4-3-5-16(22)11-15;/h2-7,11-13H,1,8-10H2,(H,23,26);1H/b24-21-;. The van der Waals surface area contributed by atoms with Crippen molar-refractivity contribution in [3.63, 3.8) is 0 Å². The van der Waals surface area contributed by atoms with Crippen LogP contribution in [0.2, 0.25) is 0 Å². The molecule has 0 aliphatic carbocycles. The van der Waals surface area contributed by atoms with Crippen LogP contribution in [0.4, 0.5) is 0 Å². The summed E-state index contributed by atoms with van der Waals surface area (Å²) < 4.78 is 14.1. The van der Waals surface area contributed by atoms with Gasteiger partial charge in [0, 0.05) is 27.5 Å². The number of carbonyl (C=O) groups is 1. The lowest BCUT2D eigenvalue weighted by Gasteiger charge is -2.19. The Labute approximate surface area is 196 Å². The number of nitrogens with zero attached hydrogens (tertiary/aromatic N) is 2. The molecule has 6 nitrogen and oxygen atoms in total. The molecule has 0 fully saturated rings. The number of rotatable bonds is 5. The van der Waals surface area contributed by atoms with E-state index in [0.717, 1.165) is 27.2 Å². The minimum atomic E-state index is -0.272. The molecule has 1 amide bonds. The van der Waals surface area contributed by atoms with Crippen molar-refractivity contribution in [2.24, 2.45) is 5.10 Å². The molecule has 0 radical (unpaired) electrons. The van der Waals surface area contributed by atoms with Crippen molar-refractivity contribution >= 4 is 50.2 Å². The molecule has 1 aliphatic heterocycles. The highest BCUT2D eigenvalue weighted by atomic mass is 79.9. The van der Waals surface area contributed by atoms with Crippen LogP contribution in [-0.4, -0.2) is 23.7 Å². The zero-order valence-corrected chi connectivity index (χ0v) is 20.0. The van der Waals surface area contributed by atoms with Crippen LogP contribution >= 0.6 is 44.2 Å². The number of benzene rings is 2. The van der Waals surface area contributed by atoms with Crippen LogP contribution in [0.1, 0.15) is 10.4 Å². The molecule has 156 valence electrons. The van der Waals surface area contributed by atoms with Crippen LogP contribution in [0.25, 0.3) is 11.3 Å². The minimum absolute atomic E-state index is 0. The first-order chi connectivity index (χ1) is 14.2. The molecular weight excluding hydrogens is 534 g/mol. The Kier molecular flexibility index (Phi) is 7.52. The topological polar surface area (TPSA) is 64.8 Å². The molecule has 1 aliphatic rings. The first-order valence-electron chi connectivity index (χ1n) is 8.94. The van der Waals surface area contributed by atoms with Gasteiger partial charge in [-0.1, -0.05) is 28.1 Å². The first kappa shape index (κ1) is 22.3. The van der Waals surface area contributed by atoms with E-state index >= 15 is 0 Å². The van der Waals surface area contributed by atoms with Gasteiger partial charge in [0.2, 0.25) is 4.80 Å². The molecule has 0 unspecified atom stereocenters. The third kappa shape index (κ3) is 4.85. The van der Waals surface area contributed by atoms with Gasteiger partial charge < -0.3 is 14.0 Å². The van der Waals surface area contributed by atoms with Gasteiger partial charge in [-0.25, -0.2) is 5.43 Å². The predicted octanol–water partition coefficient (Wildman–Crippen LogP) is 4.76. The molecule has 0 atom stereocenters. The number of fused-ring (bicyclic) bond motifs is 1. The monoisotopic (exact) mass is 551 g/mol. The highest BCUT2D eigenvalue weighted by Gasteiger charge is 2.15. The normalized spacial score (nSPS) is 12.8. The summed E-state index contributed by atoms with van der Waals surface area (Å²) in [5, 5.41) is 6.33. The molecule has 2 aromatic carbocycles. The Hall–Kier alpha value is -2.36. The molecule has 9 heteroatoms. The SMILES string of the molecule is Br.C=CCn1c(-c2ccc3c(c2)OCCO3)cs/c1=N\NC(=O)c1cccc(Br)c1. The maximum absolute atomic E-state index is 12.4. The molecule has 4 rings (SSSR count). The van der Waals surface area contributed by atoms with E-state index < -0.39 is 0 Å². The minimum Gasteiger partial charge on any atom is -0.486 e. The summed E-state index contributed by atoms with van der Waals surface area (Å²) in [6.45, 7) is 5.49. The van der Waals surface area contributed by atoms with Crippen LogP contribution in [-0.2, 0) is 6.54 Å². The second-order valence-electron chi connectivity index (χ2n) is 6.22. The number of ether oxygens (including phenoxy) is 2. The molecule has 0 spiro atoms. The fourth-order valence-corrected chi connectivity index (χ4v) is 4.23. The highest BCUT2D eigenvalue weighted by molar-refractivity contribution is 9.10. The number of nitrogens with one attached hydrogen (secondary N) is 1. The van der Waals surface area contributed by atoms with Crippen LogP contribution < -0.4 is 19.7 Å². The zero-order chi connectivity index (χ0) is 20.2. The zero-order valence-electron chi connectivity index (χ0n) is 15.8. The van der Waals surface area contributed by atoms with E-state index in [-0.39, 0.29) is 22.9 Å². The van der Waals surface area contributed by atoms with E-state index in [4.69, 9.17) is 9.47 Å². The van der Waals surface area contributed by atoms with Gasteiger partial charge in [-0.05, 0) is 36.4 Å². The number of halogens is 2. The number of aromatic nitrogens is 1. The molecular formula is C21H19Br2N3O3S. The molecule has 30 heavy (non-hydrogen) atoms. The van der Waals surface area contributed by atoms with Crippen LogP contribution in [0.15, 0.2) is 70.1 Å². The molecule has 1 N–H and O–H groups in total. The maximum Gasteiger partial charge on any atom is 0.271 e. The second kappa shape index (κ2) is 10.1. The summed E-state index contributed by atoms with van der Waals surface area (Å²) >= 11 is 4.81. The third-order valence-corrected chi connectivity index (χ3v) is 5.64. The van der Waals surface area contributed by atoms with Crippen molar-refractivity contribution in [3.05, 3.63) is 75.3 Å². The van der Waals surface area contributed by atoms with Crippen LogP contribution in [0, 0.1) is 0 Å². The van der Waals surface area contributed by atoms with Crippen LogP contribution in [0.3, 0.4) is 0 Å². The molecule has 3 aromatic rings. The van der Waals surface area contributed by atoms with Gasteiger partial charge in [0.15, 0.2) is 11.5 Å². The lowest BCUT2D eigenvalue weighted by atomic mass is 10.1. The van der Waals surface area contributed by atoms with Crippen molar-refractivity contribution in [1.82, 2.24) is 9.99 Å². The summed E-state index contributed by atoms with van der Waals surface area (Å²) in [7, 11) is 0. The Morgan fingerprint density at radius 2 is 2.03 bits per heavy atom. The number of hydrogen-bond donors (Lipinski definition) is 1. The van der Waals surface area contributed by atoms with Gasteiger partial charge in [0.05, 0.1) is 5.69 Å². The van der Waals surface area contributed by atoms with Crippen molar-refractivity contribution in [1.29, 1.82) is 0 Å². The summed E-state index contributed by atoms with van der Waals surface area (Å²) in [5.41, 5.74) is 5.10. The average molecular weight is 553 g/mol. The van der Waals surface area contributed by atoms with Crippen molar-refractivity contribution in [2.45, 2.75) is 6.54 Å². The van der Waals surface area contributed by atoms with E-state index in [9.17, 15) is 4.79 Å². The summed E-state index contributed by atoms with van der Waals surface area (Å²) in [6, 6.07) is 13.0. The lowest BCUT2D eigenvalue weighted by Crippen LogP contribution is -2.24. The van der Waals surface area contributed by atoms with Gasteiger partial charge in [-0.3, -0.25) is 4.79 Å². The molecule has 0 saturated heterocycles. The van der Waals surface area contributed by atoms with Crippen molar-refractivity contribution in [3.8, 4) is 22.8 Å². The Balaban J connectivity index is 0.00000256. The fraction of sp³-hybridized carbons (Fsp3) is 0.143. The number of amides is 1. The number of allylic oxidation sites excluding steroid dienone is 1. The smallest absolute Gasteiger partial charge is 0.271 e. The van der Waals surface area contributed by atoms with Gasteiger partial charge >= 0.3 is 0 Å². The Bertz CT molecular complexity index is 1140. The van der Waals surface area contributed by atoms with Crippen LogP contribution in [0.5, 0.6) is 11.5 Å². The summed E-state index contributed by atoms with van der Waals surface area (Å²) in [6.07, 6.45) is 1.80. The third-order valence-electron chi connectivity index (χ3n) is 4.29. The first-order valence-corrected chi connectivity index (χ1v) is 10.6. The second-order valence-corrected chi connectivity index (χ2v) is 7.98. The Morgan fingerprint density at radius 1 is 1.23 bits per heavy atom. The van der Waals surface area contributed by atoms with Gasteiger partial charge in [-0.2, -0.15) is 0 Å². The van der Waals surface area contributed by atoms with Gasteiger partial charge in [0.25, 0.3) is 5.91 Å². The molecule has 0 bridgehead atoms. The number of carbonyl (C=O) groups excluding carboxylic acids is 1. The summed E-state index contributed by atoms with van der Waals surface area (Å²) in [5.74, 6) is 1.20. The van der Waals surface area contributed by atoms with E-state index in [1.807, 2.05) is 40.3 Å². The molecule has 1 aromatic heterocycles. The van der Waals surface area contributed by atoms with E-state index in [2.05, 4.69) is 33.0 Å². The molecule has 0 saturated carbocycles. The largest absolute Gasteiger partial charge is 0.486 e.